The summed E-state index contributed by atoms with van der Waals surface area (Å²) >= 11 is 0. The third-order valence-corrected chi connectivity index (χ3v) is 5.07. The highest BCUT2D eigenvalue weighted by atomic mass is 16.5. The van der Waals surface area contributed by atoms with Crippen molar-refractivity contribution in [1.29, 1.82) is 0 Å². The molecule has 1 amide bonds. The Morgan fingerprint density at radius 3 is 1.88 bits per heavy atom. The molecule has 0 aliphatic carbocycles. The first-order chi connectivity index (χ1) is 16.8. The van der Waals surface area contributed by atoms with E-state index < -0.39 is 0 Å². The van der Waals surface area contributed by atoms with Crippen LogP contribution in [-0.2, 0) is 6.42 Å². The number of carbonyl (C=O) groups is 1. The third kappa shape index (κ3) is 7.14. The van der Waals surface area contributed by atoms with Gasteiger partial charge in [0.05, 0.1) is 6.61 Å². The molecule has 172 valence electrons. The van der Waals surface area contributed by atoms with Crippen molar-refractivity contribution in [1.82, 2.24) is 0 Å². The van der Waals surface area contributed by atoms with E-state index in [2.05, 4.69) is 17.4 Å². The van der Waals surface area contributed by atoms with E-state index in [1.807, 2.05) is 84.9 Å². The van der Waals surface area contributed by atoms with Gasteiger partial charge in [-0.1, -0.05) is 54.6 Å². The SMILES string of the molecule is O=C(Nc1ccc(OCCOc2ccccc2)cc1)c1cccc(OCCc2ccccc2)c1. The van der Waals surface area contributed by atoms with Crippen LogP contribution in [0.25, 0.3) is 0 Å². The molecule has 5 nitrogen and oxygen atoms in total. The third-order valence-electron chi connectivity index (χ3n) is 5.07. The number of anilines is 1. The normalized spacial score (nSPS) is 10.4. The second-order valence-corrected chi connectivity index (χ2v) is 7.60. The summed E-state index contributed by atoms with van der Waals surface area (Å²) in [7, 11) is 0. The molecule has 0 heterocycles. The van der Waals surface area contributed by atoms with Gasteiger partial charge in [-0.25, -0.2) is 0 Å². The van der Waals surface area contributed by atoms with Gasteiger partial charge in [0.25, 0.3) is 5.91 Å². The molecule has 0 aliphatic heterocycles. The van der Waals surface area contributed by atoms with Gasteiger partial charge >= 0.3 is 0 Å². The summed E-state index contributed by atoms with van der Waals surface area (Å²) in [5, 5.41) is 2.91. The van der Waals surface area contributed by atoms with Crippen LogP contribution in [-0.4, -0.2) is 25.7 Å². The molecule has 5 heteroatoms. The molecule has 4 rings (SSSR count). The van der Waals surface area contributed by atoms with Crippen LogP contribution in [0.3, 0.4) is 0 Å². The Labute approximate surface area is 199 Å². The van der Waals surface area contributed by atoms with Gasteiger partial charge < -0.3 is 19.5 Å². The topological polar surface area (TPSA) is 56.8 Å². The zero-order valence-corrected chi connectivity index (χ0v) is 18.9. The molecule has 0 bridgehead atoms. The van der Waals surface area contributed by atoms with Gasteiger partial charge in [0.15, 0.2) is 0 Å². The molecule has 0 radical (unpaired) electrons. The summed E-state index contributed by atoms with van der Waals surface area (Å²) in [6, 6.07) is 34.2. The number of nitrogens with one attached hydrogen (secondary N) is 1. The molecule has 34 heavy (non-hydrogen) atoms. The van der Waals surface area contributed by atoms with Crippen LogP contribution in [0, 0.1) is 0 Å². The first-order valence-corrected chi connectivity index (χ1v) is 11.3. The van der Waals surface area contributed by atoms with E-state index in [0.29, 0.717) is 42.6 Å². The first-order valence-electron chi connectivity index (χ1n) is 11.3. The number of ether oxygens (including phenoxy) is 3. The lowest BCUT2D eigenvalue weighted by Gasteiger charge is -2.10. The van der Waals surface area contributed by atoms with Gasteiger partial charge in [-0.2, -0.15) is 0 Å². The number of benzene rings is 4. The molecule has 0 fully saturated rings. The Morgan fingerprint density at radius 2 is 1.18 bits per heavy atom. The minimum atomic E-state index is -0.196. The molecule has 0 aromatic heterocycles. The van der Waals surface area contributed by atoms with Gasteiger partial charge in [0, 0.05) is 17.7 Å². The van der Waals surface area contributed by atoms with Crippen LogP contribution in [0.1, 0.15) is 15.9 Å². The first kappa shape index (κ1) is 22.9. The quantitative estimate of drug-likeness (QED) is 0.282. The Balaban J connectivity index is 1.22. The van der Waals surface area contributed by atoms with Crippen LogP contribution in [0.5, 0.6) is 17.2 Å². The summed E-state index contributed by atoms with van der Waals surface area (Å²) in [5.41, 5.74) is 2.44. The predicted molar refractivity (Wildman–Crippen MR) is 134 cm³/mol. The maximum Gasteiger partial charge on any atom is 0.255 e. The molecule has 0 aliphatic rings. The van der Waals surface area contributed by atoms with Crippen molar-refractivity contribution in [2.75, 3.05) is 25.1 Å². The summed E-state index contributed by atoms with van der Waals surface area (Å²) in [4.78, 5) is 12.7. The Hall–Kier alpha value is -4.25. The number of amides is 1. The highest BCUT2D eigenvalue weighted by molar-refractivity contribution is 6.04. The summed E-state index contributed by atoms with van der Waals surface area (Å²) in [6.45, 7) is 1.43. The second-order valence-electron chi connectivity index (χ2n) is 7.60. The van der Waals surface area contributed by atoms with Gasteiger partial charge in [0.1, 0.15) is 30.5 Å². The fourth-order valence-corrected chi connectivity index (χ4v) is 3.33. The van der Waals surface area contributed by atoms with Crippen LogP contribution >= 0.6 is 0 Å². The maximum absolute atomic E-state index is 12.7. The molecular formula is C29H27NO4. The lowest BCUT2D eigenvalue weighted by atomic mass is 10.1. The van der Waals surface area contributed by atoms with Gasteiger partial charge in [-0.15, -0.1) is 0 Å². The number of para-hydroxylation sites is 1. The standard InChI is InChI=1S/C29H27NO4/c31-29(24-10-7-13-28(22-24)32-19-18-23-8-3-1-4-9-23)30-25-14-16-27(17-15-25)34-21-20-33-26-11-5-2-6-12-26/h1-17,22H,18-21H2,(H,30,31). The van der Waals surface area contributed by atoms with E-state index in [4.69, 9.17) is 14.2 Å². The largest absolute Gasteiger partial charge is 0.493 e. The van der Waals surface area contributed by atoms with Crippen molar-refractivity contribution in [3.63, 3.8) is 0 Å². The van der Waals surface area contributed by atoms with E-state index in [9.17, 15) is 4.79 Å². The monoisotopic (exact) mass is 453 g/mol. The molecular weight excluding hydrogens is 426 g/mol. The number of hydrogen-bond acceptors (Lipinski definition) is 4. The van der Waals surface area contributed by atoms with Crippen molar-refractivity contribution in [3.05, 3.63) is 120 Å². The van der Waals surface area contributed by atoms with Crippen molar-refractivity contribution in [2.24, 2.45) is 0 Å². The molecule has 0 atom stereocenters. The van der Waals surface area contributed by atoms with Crippen LogP contribution < -0.4 is 19.5 Å². The smallest absolute Gasteiger partial charge is 0.255 e. The highest BCUT2D eigenvalue weighted by Crippen LogP contribution is 2.19. The Morgan fingerprint density at radius 1 is 0.588 bits per heavy atom. The number of rotatable bonds is 11. The van der Waals surface area contributed by atoms with Crippen LogP contribution in [0.15, 0.2) is 109 Å². The van der Waals surface area contributed by atoms with Crippen LogP contribution in [0.4, 0.5) is 5.69 Å². The van der Waals surface area contributed by atoms with E-state index in [1.54, 1.807) is 12.1 Å². The minimum Gasteiger partial charge on any atom is -0.493 e. The molecule has 0 spiro atoms. The maximum atomic E-state index is 12.7. The van der Waals surface area contributed by atoms with E-state index in [0.717, 1.165) is 12.2 Å². The fraction of sp³-hybridized carbons (Fsp3) is 0.138. The molecule has 4 aromatic carbocycles. The van der Waals surface area contributed by atoms with E-state index >= 15 is 0 Å². The zero-order valence-electron chi connectivity index (χ0n) is 18.9. The predicted octanol–water partition coefficient (Wildman–Crippen LogP) is 6.02. The number of carbonyl (C=O) groups excluding carboxylic acids is 1. The Kier molecular flexibility index (Phi) is 8.17. The van der Waals surface area contributed by atoms with Gasteiger partial charge in [-0.05, 0) is 60.2 Å². The lowest BCUT2D eigenvalue weighted by molar-refractivity contribution is 0.102. The molecule has 1 N–H and O–H groups in total. The summed E-state index contributed by atoms with van der Waals surface area (Å²) < 4.78 is 17.2. The Bertz CT molecular complexity index is 1160. The molecule has 0 unspecified atom stereocenters. The van der Waals surface area contributed by atoms with Gasteiger partial charge in [0.2, 0.25) is 0 Å². The van der Waals surface area contributed by atoms with E-state index in [-0.39, 0.29) is 5.91 Å². The van der Waals surface area contributed by atoms with Crippen molar-refractivity contribution in [3.8, 4) is 17.2 Å². The van der Waals surface area contributed by atoms with Crippen LogP contribution in [0.2, 0.25) is 0 Å². The van der Waals surface area contributed by atoms with Crippen molar-refractivity contribution in [2.45, 2.75) is 6.42 Å². The number of hydrogen-bond donors (Lipinski definition) is 1. The highest BCUT2D eigenvalue weighted by Gasteiger charge is 2.08. The average Bonchev–Trinajstić information content (AvgIpc) is 2.89. The molecule has 0 saturated carbocycles. The van der Waals surface area contributed by atoms with Crippen molar-refractivity contribution >= 4 is 11.6 Å². The minimum absolute atomic E-state index is 0.196. The van der Waals surface area contributed by atoms with Crippen molar-refractivity contribution < 1.29 is 19.0 Å². The summed E-state index contributed by atoms with van der Waals surface area (Å²) in [6.07, 6.45) is 0.810. The zero-order chi connectivity index (χ0) is 23.4. The van der Waals surface area contributed by atoms with E-state index in [1.165, 1.54) is 5.56 Å². The molecule has 4 aromatic rings. The fourth-order valence-electron chi connectivity index (χ4n) is 3.33. The lowest BCUT2D eigenvalue weighted by Crippen LogP contribution is -2.12. The second kappa shape index (κ2) is 12.1. The average molecular weight is 454 g/mol. The van der Waals surface area contributed by atoms with Gasteiger partial charge in [-0.3, -0.25) is 4.79 Å². The summed E-state index contributed by atoms with van der Waals surface area (Å²) in [5.74, 6) is 2.00. The molecule has 0 saturated heterocycles.